The lowest BCUT2D eigenvalue weighted by atomic mass is 10.1. The molecule has 0 aliphatic carbocycles. The summed E-state index contributed by atoms with van der Waals surface area (Å²) in [4.78, 5) is 22.6. The third-order valence-corrected chi connectivity index (χ3v) is 2.13. The van der Waals surface area contributed by atoms with Gasteiger partial charge >= 0.3 is 11.9 Å². The summed E-state index contributed by atoms with van der Waals surface area (Å²) < 4.78 is 5.16. The van der Waals surface area contributed by atoms with Crippen LogP contribution in [0.1, 0.15) is 36.7 Å². The Balaban J connectivity index is 2.99. The van der Waals surface area contributed by atoms with Gasteiger partial charge in [0.15, 0.2) is 5.71 Å². The van der Waals surface area contributed by atoms with Gasteiger partial charge in [0.2, 0.25) is 0 Å². The maximum atomic E-state index is 11.9. The van der Waals surface area contributed by atoms with E-state index >= 15 is 0 Å². The molecule has 0 amide bonds. The minimum atomic E-state index is -1.05. The van der Waals surface area contributed by atoms with Gasteiger partial charge in [0.25, 0.3) is 0 Å². The van der Waals surface area contributed by atoms with Crippen LogP contribution in [0.15, 0.2) is 29.4 Å². The monoisotopic (exact) mass is 264 g/mol. The van der Waals surface area contributed by atoms with Crippen LogP contribution >= 0.6 is 0 Å². The Hall–Kier alpha value is -2.37. The summed E-state index contributed by atoms with van der Waals surface area (Å²) >= 11 is 0. The Labute approximate surface area is 110 Å². The number of hydrazone groups is 1. The fourth-order valence-electron chi connectivity index (χ4n) is 1.34. The Morgan fingerprint density at radius 3 is 2.00 bits per heavy atom. The van der Waals surface area contributed by atoms with Crippen molar-refractivity contribution in [2.24, 2.45) is 10.9 Å². The van der Waals surface area contributed by atoms with Gasteiger partial charge in [-0.1, -0.05) is 12.1 Å². The summed E-state index contributed by atoms with van der Waals surface area (Å²) in [5.74, 6) is 3.49. The van der Waals surface area contributed by atoms with E-state index < -0.39 is 17.5 Å². The second kappa shape index (κ2) is 5.51. The maximum Gasteiger partial charge on any atom is 0.359 e. The normalized spacial score (nSPS) is 12.1. The van der Waals surface area contributed by atoms with E-state index in [2.05, 4.69) is 5.10 Å². The number of hydrogen-bond donors (Lipinski definition) is 2. The largest absolute Gasteiger partial charge is 0.478 e. The molecule has 0 unspecified atom stereocenters. The molecule has 1 rings (SSSR count). The number of esters is 1. The zero-order valence-electron chi connectivity index (χ0n) is 11.0. The van der Waals surface area contributed by atoms with Gasteiger partial charge in [0.1, 0.15) is 5.60 Å². The molecule has 0 saturated carbocycles. The van der Waals surface area contributed by atoms with Crippen molar-refractivity contribution < 1.29 is 19.4 Å². The lowest BCUT2D eigenvalue weighted by Gasteiger charge is -2.19. The average molecular weight is 264 g/mol. The average Bonchev–Trinajstić information content (AvgIpc) is 2.28. The number of rotatable bonds is 3. The van der Waals surface area contributed by atoms with Gasteiger partial charge < -0.3 is 15.7 Å². The number of aromatic carboxylic acids is 1. The summed E-state index contributed by atoms with van der Waals surface area (Å²) in [5.41, 5.74) is -0.188. The molecule has 0 atom stereocenters. The van der Waals surface area contributed by atoms with Gasteiger partial charge in [-0.3, -0.25) is 0 Å². The fraction of sp³-hybridized carbons (Fsp3) is 0.308. The molecular formula is C13H16N2O4. The van der Waals surface area contributed by atoms with Crippen LogP contribution in [0.25, 0.3) is 0 Å². The molecule has 19 heavy (non-hydrogen) atoms. The number of benzene rings is 1. The number of nitrogens with two attached hydrogens (primary N) is 1. The highest BCUT2D eigenvalue weighted by atomic mass is 16.6. The second-order valence-electron chi connectivity index (χ2n) is 4.86. The van der Waals surface area contributed by atoms with Crippen molar-refractivity contribution in [1.82, 2.24) is 0 Å². The van der Waals surface area contributed by atoms with Crippen LogP contribution in [0.3, 0.4) is 0 Å². The summed E-state index contributed by atoms with van der Waals surface area (Å²) in [6, 6.07) is 5.65. The molecule has 1 aromatic carbocycles. The van der Waals surface area contributed by atoms with E-state index in [9.17, 15) is 9.59 Å². The van der Waals surface area contributed by atoms with Crippen LogP contribution in [-0.2, 0) is 9.53 Å². The molecule has 0 spiro atoms. The number of carboxylic acids is 1. The molecule has 6 nitrogen and oxygen atoms in total. The first kappa shape index (κ1) is 14.7. The molecule has 6 heteroatoms. The molecule has 0 aliphatic rings. The smallest absolute Gasteiger partial charge is 0.359 e. The molecule has 102 valence electrons. The first-order chi connectivity index (χ1) is 8.74. The van der Waals surface area contributed by atoms with Gasteiger partial charge in [0, 0.05) is 5.56 Å². The highest BCUT2D eigenvalue weighted by Crippen LogP contribution is 2.11. The van der Waals surface area contributed by atoms with Gasteiger partial charge in [-0.25, -0.2) is 9.59 Å². The minimum Gasteiger partial charge on any atom is -0.478 e. The SMILES string of the molecule is CC(C)(C)OC(=O)/C(=N/N)c1ccc(C(=O)O)cc1. The van der Waals surface area contributed by atoms with Crippen molar-refractivity contribution in [3.63, 3.8) is 0 Å². The number of hydrogen-bond acceptors (Lipinski definition) is 5. The molecule has 0 saturated heterocycles. The predicted molar refractivity (Wildman–Crippen MR) is 70.0 cm³/mol. The van der Waals surface area contributed by atoms with E-state index in [4.69, 9.17) is 15.7 Å². The lowest BCUT2D eigenvalue weighted by Crippen LogP contribution is -2.30. The van der Waals surface area contributed by atoms with E-state index in [1.165, 1.54) is 24.3 Å². The molecule has 0 aromatic heterocycles. The number of carbonyl (C=O) groups is 2. The summed E-state index contributed by atoms with van der Waals surface area (Å²) in [5, 5.41) is 12.2. The van der Waals surface area contributed by atoms with Crippen LogP contribution in [-0.4, -0.2) is 28.4 Å². The number of carbonyl (C=O) groups excluding carboxylic acids is 1. The van der Waals surface area contributed by atoms with Gasteiger partial charge in [-0.15, -0.1) is 0 Å². The van der Waals surface area contributed by atoms with Crippen LogP contribution in [0, 0.1) is 0 Å². The summed E-state index contributed by atoms with van der Waals surface area (Å²) in [7, 11) is 0. The third-order valence-electron chi connectivity index (χ3n) is 2.13. The molecule has 0 radical (unpaired) electrons. The molecule has 3 N–H and O–H groups in total. The summed E-state index contributed by atoms with van der Waals surface area (Å²) in [6.45, 7) is 5.19. The fourth-order valence-corrected chi connectivity index (χ4v) is 1.34. The highest BCUT2D eigenvalue weighted by Gasteiger charge is 2.22. The standard InChI is InChI=1S/C13H16N2O4/c1-13(2,3)19-12(18)10(15-14)8-4-6-9(7-5-8)11(16)17/h4-7H,14H2,1-3H3,(H,16,17)/b15-10+. The van der Waals surface area contributed by atoms with Gasteiger partial charge in [-0.05, 0) is 32.9 Å². The van der Waals surface area contributed by atoms with Crippen LogP contribution in [0.5, 0.6) is 0 Å². The minimum absolute atomic E-state index is 0.0492. The zero-order chi connectivity index (χ0) is 14.6. The van der Waals surface area contributed by atoms with Crippen molar-refractivity contribution in [3.8, 4) is 0 Å². The zero-order valence-corrected chi connectivity index (χ0v) is 11.0. The highest BCUT2D eigenvalue weighted by molar-refractivity contribution is 6.43. The molecule has 1 aromatic rings. The van der Waals surface area contributed by atoms with Crippen molar-refractivity contribution in [1.29, 1.82) is 0 Å². The van der Waals surface area contributed by atoms with Gasteiger partial charge in [-0.2, -0.15) is 5.10 Å². The first-order valence-corrected chi connectivity index (χ1v) is 5.59. The molecule has 0 aliphatic heterocycles. The van der Waals surface area contributed by atoms with Gasteiger partial charge in [0.05, 0.1) is 5.56 Å². The topological polar surface area (TPSA) is 102 Å². The summed E-state index contributed by atoms with van der Waals surface area (Å²) in [6.07, 6.45) is 0. The number of ether oxygens (including phenoxy) is 1. The van der Waals surface area contributed by atoms with Crippen molar-refractivity contribution in [2.45, 2.75) is 26.4 Å². The second-order valence-corrected chi connectivity index (χ2v) is 4.86. The lowest BCUT2D eigenvalue weighted by molar-refractivity contribution is -0.146. The molecule has 0 fully saturated rings. The molecule has 0 heterocycles. The third kappa shape index (κ3) is 4.09. The Kier molecular flexibility index (Phi) is 4.26. The molecule has 0 bridgehead atoms. The Morgan fingerprint density at radius 2 is 1.63 bits per heavy atom. The van der Waals surface area contributed by atoms with Crippen molar-refractivity contribution >= 4 is 17.7 Å². The first-order valence-electron chi connectivity index (χ1n) is 5.59. The van der Waals surface area contributed by atoms with E-state index in [-0.39, 0.29) is 11.3 Å². The van der Waals surface area contributed by atoms with Crippen molar-refractivity contribution in [3.05, 3.63) is 35.4 Å². The number of nitrogens with zero attached hydrogens (tertiary/aromatic N) is 1. The Bertz CT molecular complexity index is 512. The van der Waals surface area contributed by atoms with Crippen LogP contribution < -0.4 is 5.84 Å². The van der Waals surface area contributed by atoms with Crippen LogP contribution in [0.2, 0.25) is 0 Å². The van der Waals surface area contributed by atoms with E-state index in [1.54, 1.807) is 20.8 Å². The van der Waals surface area contributed by atoms with Crippen LogP contribution in [0.4, 0.5) is 0 Å². The van der Waals surface area contributed by atoms with E-state index in [0.29, 0.717) is 5.56 Å². The van der Waals surface area contributed by atoms with E-state index in [0.717, 1.165) is 0 Å². The molecular weight excluding hydrogens is 248 g/mol. The quantitative estimate of drug-likeness (QED) is 0.372. The maximum absolute atomic E-state index is 11.9. The number of carboxylic acid groups (broad SMARTS) is 1. The van der Waals surface area contributed by atoms with Crippen molar-refractivity contribution in [2.75, 3.05) is 0 Å². The van der Waals surface area contributed by atoms with E-state index in [1.807, 2.05) is 0 Å². The predicted octanol–water partition coefficient (Wildman–Crippen LogP) is 1.39. The Morgan fingerprint density at radius 1 is 1.16 bits per heavy atom.